The number of rotatable bonds is 5. The molecule has 1 atom stereocenters. The Morgan fingerprint density at radius 1 is 1.18 bits per heavy atom. The fourth-order valence-electron chi connectivity index (χ4n) is 2.34. The zero-order valence-corrected chi connectivity index (χ0v) is 15.8. The first-order chi connectivity index (χ1) is 13.3. The van der Waals surface area contributed by atoms with Gasteiger partial charge in [-0.25, -0.2) is 9.18 Å². The van der Waals surface area contributed by atoms with Crippen molar-refractivity contribution in [2.24, 2.45) is 0 Å². The van der Waals surface area contributed by atoms with Gasteiger partial charge in [-0.3, -0.25) is 4.79 Å². The van der Waals surface area contributed by atoms with Crippen LogP contribution in [-0.4, -0.2) is 33.0 Å². The number of anilines is 1. The molecule has 0 spiro atoms. The fourth-order valence-corrected chi connectivity index (χ4v) is 2.50. The highest BCUT2D eigenvalue weighted by molar-refractivity contribution is 6.30. The monoisotopic (exact) mass is 402 g/mol. The summed E-state index contributed by atoms with van der Waals surface area (Å²) >= 11 is 5.68. The van der Waals surface area contributed by atoms with Gasteiger partial charge in [-0.1, -0.05) is 29.8 Å². The van der Waals surface area contributed by atoms with Crippen molar-refractivity contribution in [1.29, 1.82) is 0 Å². The molecule has 1 amide bonds. The summed E-state index contributed by atoms with van der Waals surface area (Å²) in [5.41, 5.74) is 0.948. The van der Waals surface area contributed by atoms with Crippen LogP contribution in [0, 0.1) is 12.7 Å². The van der Waals surface area contributed by atoms with Crippen molar-refractivity contribution in [1.82, 2.24) is 15.0 Å². The number of carbonyl (C=O) groups excluding carboxylic acids is 2. The van der Waals surface area contributed by atoms with Crippen molar-refractivity contribution < 1.29 is 18.7 Å². The number of benzene rings is 2. The maximum Gasteiger partial charge on any atom is 0.361 e. The molecule has 0 aliphatic rings. The summed E-state index contributed by atoms with van der Waals surface area (Å²) in [4.78, 5) is 25.9. The van der Waals surface area contributed by atoms with Gasteiger partial charge in [-0.15, -0.1) is 5.10 Å². The molecule has 3 rings (SSSR count). The molecule has 0 aliphatic heterocycles. The first-order valence-electron chi connectivity index (χ1n) is 8.31. The van der Waals surface area contributed by atoms with Crippen LogP contribution in [0.2, 0.25) is 5.02 Å². The molecular formula is C19H16ClFN4O3. The van der Waals surface area contributed by atoms with Crippen LogP contribution in [-0.2, 0) is 9.53 Å². The lowest BCUT2D eigenvalue weighted by molar-refractivity contribution is -0.123. The Hall–Kier alpha value is -3.26. The molecule has 7 nitrogen and oxygen atoms in total. The standard InChI is InChI=1S/C19H16ClFN4O3/c1-11-17(24-25(23-11)14-6-4-3-5-7-14)19(27)28-12(2)18(26)22-16-9-8-13(20)10-15(16)21/h3-10,12H,1-2H3,(H,22,26)/t12-/m1/s1. The van der Waals surface area contributed by atoms with Gasteiger partial charge in [0.2, 0.25) is 0 Å². The SMILES string of the molecule is Cc1nn(-c2ccccc2)nc1C(=O)O[C@H](C)C(=O)Nc1ccc(Cl)cc1F. The molecule has 0 aliphatic carbocycles. The lowest BCUT2D eigenvalue weighted by Gasteiger charge is -2.13. The van der Waals surface area contributed by atoms with E-state index in [4.69, 9.17) is 16.3 Å². The summed E-state index contributed by atoms with van der Waals surface area (Å²) in [7, 11) is 0. The largest absolute Gasteiger partial charge is 0.448 e. The van der Waals surface area contributed by atoms with Crippen LogP contribution in [0.25, 0.3) is 5.69 Å². The highest BCUT2D eigenvalue weighted by Crippen LogP contribution is 2.19. The van der Waals surface area contributed by atoms with Gasteiger partial charge in [0.25, 0.3) is 5.91 Å². The van der Waals surface area contributed by atoms with Crippen molar-refractivity contribution in [2.75, 3.05) is 5.32 Å². The number of hydrogen-bond acceptors (Lipinski definition) is 5. The minimum Gasteiger partial charge on any atom is -0.448 e. The number of amides is 1. The lowest BCUT2D eigenvalue weighted by Crippen LogP contribution is -2.30. The third-order valence-electron chi connectivity index (χ3n) is 3.80. The van der Waals surface area contributed by atoms with E-state index in [1.165, 1.54) is 23.9 Å². The van der Waals surface area contributed by atoms with Crippen molar-refractivity contribution in [2.45, 2.75) is 20.0 Å². The van der Waals surface area contributed by atoms with E-state index in [9.17, 15) is 14.0 Å². The van der Waals surface area contributed by atoms with Gasteiger partial charge in [0.1, 0.15) is 5.82 Å². The van der Waals surface area contributed by atoms with Gasteiger partial charge in [0.15, 0.2) is 11.8 Å². The van der Waals surface area contributed by atoms with E-state index in [1.807, 2.05) is 18.2 Å². The Bertz CT molecular complexity index is 1020. The molecule has 144 valence electrons. The second kappa shape index (κ2) is 8.18. The Balaban J connectivity index is 1.68. The predicted molar refractivity (Wildman–Crippen MR) is 101 cm³/mol. The number of carbonyl (C=O) groups is 2. The Labute approximate surface area is 165 Å². The molecule has 0 fully saturated rings. The zero-order chi connectivity index (χ0) is 20.3. The summed E-state index contributed by atoms with van der Waals surface area (Å²) in [6, 6.07) is 12.9. The normalized spacial score (nSPS) is 11.7. The van der Waals surface area contributed by atoms with E-state index in [1.54, 1.807) is 19.1 Å². The first kappa shape index (κ1) is 19.5. The smallest absolute Gasteiger partial charge is 0.361 e. The second-order valence-electron chi connectivity index (χ2n) is 5.92. The van der Waals surface area contributed by atoms with Crippen molar-refractivity contribution >= 4 is 29.2 Å². The molecule has 0 bridgehead atoms. The maximum absolute atomic E-state index is 13.8. The zero-order valence-electron chi connectivity index (χ0n) is 15.0. The van der Waals surface area contributed by atoms with Crippen molar-refractivity contribution in [3.63, 3.8) is 0 Å². The van der Waals surface area contributed by atoms with Crippen LogP contribution < -0.4 is 5.32 Å². The summed E-state index contributed by atoms with van der Waals surface area (Å²) in [6.07, 6.45) is -1.18. The number of nitrogens with zero attached hydrogens (tertiary/aromatic N) is 3. The van der Waals surface area contributed by atoms with E-state index in [-0.39, 0.29) is 16.4 Å². The molecule has 1 N–H and O–H groups in total. The average Bonchev–Trinajstić information content (AvgIpc) is 3.06. The summed E-state index contributed by atoms with van der Waals surface area (Å²) < 4.78 is 18.9. The molecule has 0 saturated heterocycles. The van der Waals surface area contributed by atoms with Gasteiger partial charge >= 0.3 is 5.97 Å². The number of para-hydroxylation sites is 1. The first-order valence-corrected chi connectivity index (χ1v) is 8.69. The van der Waals surface area contributed by atoms with Crippen LogP contribution in [0.3, 0.4) is 0 Å². The Kier molecular flexibility index (Phi) is 5.70. The molecule has 28 heavy (non-hydrogen) atoms. The second-order valence-corrected chi connectivity index (χ2v) is 6.36. The lowest BCUT2D eigenvalue weighted by atomic mass is 10.2. The van der Waals surface area contributed by atoms with Gasteiger partial charge in [-0.2, -0.15) is 9.90 Å². The molecule has 9 heteroatoms. The van der Waals surface area contributed by atoms with Gasteiger partial charge in [0.05, 0.1) is 17.1 Å². The molecule has 3 aromatic rings. The van der Waals surface area contributed by atoms with Crippen molar-refractivity contribution in [3.05, 3.63) is 70.8 Å². The third-order valence-corrected chi connectivity index (χ3v) is 4.04. The molecule has 0 unspecified atom stereocenters. The molecular weight excluding hydrogens is 387 g/mol. The summed E-state index contributed by atoms with van der Waals surface area (Å²) in [6.45, 7) is 2.98. The highest BCUT2D eigenvalue weighted by Gasteiger charge is 2.24. The topological polar surface area (TPSA) is 86.1 Å². The van der Waals surface area contributed by atoms with Crippen LogP contribution in [0.4, 0.5) is 10.1 Å². The minimum atomic E-state index is -1.18. The van der Waals surface area contributed by atoms with Gasteiger partial charge in [0, 0.05) is 5.02 Å². The van der Waals surface area contributed by atoms with Crippen LogP contribution in [0.15, 0.2) is 48.5 Å². The van der Waals surface area contributed by atoms with E-state index < -0.39 is 23.8 Å². The molecule has 1 aromatic heterocycles. The number of esters is 1. The predicted octanol–water partition coefficient (Wildman–Crippen LogP) is 3.55. The molecule has 0 radical (unpaired) electrons. The number of nitrogens with one attached hydrogen (secondary N) is 1. The molecule has 0 saturated carbocycles. The quantitative estimate of drug-likeness (QED) is 0.659. The maximum atomic E-state index is 13.8. The molecule has 1 heterocycles. The van der Waals surface area contributed by atoms with Gasteiger partial charge < -0.3 is 10.1 Å². The van der Waals surface area contributed by atoms with Gasteiger partial charge in [-0.05, 0) is 44.2 Å². The molecule has 2 aromatic carbocycles. The van der Waals surface area contributed by atoms with Crippen LogP contribution >= 0.6 is 11.6 Å². The number of aryl methyl sites for hydroxylation is 1. The minimum absolute atomic E-state index is 0.0128. The van der Waals surface area contributed by atoms with Crippen LogP contribution in [0.1, 0.15) is 23.1 Å². The Morgan fingerprint density at radius 3 is 2.57 bits per heavy atom. The Morgan fingerprint density at radius 2 is 1.89 bits per heavy atom. The van der Waals surface area contributed by atoms with Crippen LogP contribution in [0.5, 0.6) is 0 Å². The number of ether oxygens (including phenoxy) is 1. The average molecular weight is 403 g/mol. The highest BCUT2D eigenvalue weighted by atomic mass is 35.5. The van der Waals surface area contributed by atoms with E-state index in [2.05, 4.69) is 15.5 Å². The summed E-state index contributed by atoms with van der Waals surface area (Å²) in [5.74, 6) is -2.19. The van der Waals surface area contributed by atoms with E-state index >= 15 is 0 Å². The van der Waals surface area contributed by atoms with Crippen molar-refractivity contribution in [3.8, 4) is 5.69 Å². The van der Waals surface area contributed by atoms with E-state index in [0.29, 0.717) is 11.4 Å². The fraction of sp³-hybridized carbons (Fsp3) is 0.158. The third kappa shape index (κ3) is 4.34. The van der Waals surface area contributed by atoms with E-state index in [0.717, 1.165) is 6.07 Å². The number of halogens is 2. The summed E-state index contributed by atoms with van der Waals surface area (Å²) in [5, 5.41) is 10.9. The number of aromatic nitrogens is 3. The number of hydrogen-bond donors (Lipinski definition) is 1.